The van der Waals surface area contributed by atoms with Crippen LogP contribution in [0.4, 0.5) is 0 Å². The lowest BCUT2D eigenvalue weighted by atomic mass is 10.1. The van der Waals surface area contributed by atoms with E-state index in [0.717, 1.165) is 23.5 Å². The van der Waals surface area contributed by atoms with E-state index < -0.39 is 0 Å². The minimum atomic E-state index is 0.00417. The molecular weight excluding hydrogens is 274 g/mol. The monoisotopic (exact) mass is 301 g/mol. The highest BCUT2D eigenvalue weighted by atomic mass is 16.2. The van der Waals surface area contributed by atoms with Gasteiger partial charge in [-0.15, -0.1) is 0 Å². The van der Waals surface area contributed by atoms with Crippen molar-refractivity contribution in [2.45, 2.75) is 53.6 Å². The molecule has 1 amide bonds. The molecule has 22 heavy (non-hydrogen) atoms. The van der Waals surface area contributed by atoms with Crippen LogP contribution in [0, 0.1) is 6.92 Å². The van der Waals surface area contributed by atoms with Gasteiger partial charge < -0.3 is 9.88 Å². The minimum Gasteiger partial charge on any atom is -0.348 e. The first-order chi connectivity index (χ1) is 10.6. The van der Waals surface area contributed by atoms with Gasteiger partial charge in [-0.3, -0.25) is 4.79 Å². The second-order valence-corrected chi connectivity index (χ2v) is 4.96. The Hall–Kier alpha value is -2.10. The van der Waals surface area contributed by atoms with Crippen molar-refractivity contribution >= 4 is 5.91 Å². The molecule has 0 saturated carbocycles. The predicted octanol–water partition coefficient (Wildman–Crippen LogP) is 3.66. The van der Waals surface area contributed by atoms with E-state index in [1.165, 1.54) is 0 Å². The van der Waals surface area contributed by atoms with Crippen molar-refractivity contribution in [3.63, 3.8) is 0 Å². The zero-order valence-corrected chi connectivity index (χ0v) is 14.3. The molecule has 4 nitrogen and oxygen atoms in total. The number of nitrogens with zero attached hydrogens (tertiary/aromatic N) is 2. The molecule has 2 rings (SSSR count). The molecule has 0 fully saturated rings. The molecule has 0 spiro atoms. The molecule has 0 radical (unpaired) electrons. The van der Waals surface area contributed by atoms with Crippen LogP contribution in [0.3, 0.4) is 0 Å². The van der Waals surface area contributed by atoms with Crippen molar-refractivity contribution in [2.24, 2.45) is 0 Å². The van der Waals surface area contributed by atoms with Crippen LogP contribution in [-0.2, 0) is 17.8 Å². The lowest BCUT2D eigenvalue weighted by Crippen LogP contribution is -2.30. The number of hydrogen-bond donors (Lipinski definition) is 1. The highest BCUT2D eigenvalue weighted by molar-refractivity contribution is 5.76. The van der Waals surface area contributed by atoms with Crippen LogP contribution < -0.4 is 5.32 Å². The fourth-order valence-electron chi connectivity index (χ4n) is 2.17. The van der Waals surface area contributed by atoms with Gasteiger partial charge in [0.15, 0.2) is 0 Å². The van der Waals surface area contributed by atoms with Gasteiger partial charge in [-0.25, -0.2) is 4.98 Å². The van der Waals surface area contributed by atoms with Gasteiger partial charge in [-0.05, 0) is 25.8 Å². The molecule has 120 valence electrons. The Morgan fingerprint density at radius 3 is 2.45 bits per heavy atom. The van der Waals surface area contributed by atoms with E-state index in [-0.39, 0.29) is 11.9 Å². The third-order valence-corrected chi connectivity index (χ3v) is 3.38. The average Bonchev–Trinajstić information content (AvgIpc) is 2.90. The van der Waals surface area contributed by atoms with Crippen LogP contribution in [0.2, 0.25) is 0 Å². The van der Waals surface area contributed by atoms with Crippen LogP contribution in [0.15, 0.2) is 36.5 Å². The molecule has 1 unspecified atom stereocenters. The third-order valence-electron chi connectivity index (χ3n) is 3.38. The molecule has 1 aromatic carbocycles. The summed E-state index contributed by atoms with van der Waals surface area (Å²) in [6.07, 6.45) is 2.83. The Bertz CT molecular complexity index is 575. The fourth-order valence-corrected chi connectivity index (χ4v) is 2.17. The van der Waals surface area contributed by atoms with Crippen molar-refractivity contribution in [3.8, 4) is 0 Å². The normalized spacial score (nSPS) is 11.3. The number of amides is 1. The summed E-state index contributed by atoms with van der Waals surface area (Å²) in [5.74, 6) is 0.883. The molecule has 1 atom stereocenters. The molecule has 1 N–H and O–H groups in total. The topological polar surface area (TPSA) is 46.9 Å². The number of aryl methyl sites for hydroxylation is 2. The van der Waals surface area contributed by atoms with E-state index >= 15 is 0 Å². The minimum absolute atomic E-state index is 0.00417. The van der Waals surface area contributed by atoms with Crippen molar-refractivity contribution in [2.75, 3.05) is 0 Å². The second kappa shape index (κ2) is 9.03. The van der Waals surface area contributed by atoms with Crippen molar-refractivity contribution in [1.29, 1.82) is 0 Å². The van der Waals surface area contributed by atoms with Crippen molar-refractivity contribution in [3.05, 3.63) is 53.6 Å². The number of hydrogen-bond acceptors (Lipinski definition) is 2. The Morgan fingerprint density at radius 1 is 1.27 bits per heavy atom. The summed E-state index contributed by atoms with van der Waals surface area (Å²) in [6, 6.07) is 9.97. The highest BCUT2D eigenvalue weighted by Gasteiger charge is 2.11. The fraction of sp³-hybridized carbons (Fsp3) is 0.444. The van der Waals surface area contributed by atoms with Gasteiger partial charge >= 0.3 is 0 Å². The summed E-state index contributed by atoms with van der Waals surface area (Å²) in [4.78, 5) is 16.5. The van der Waals surface area contributed by atoms with E-state index in [1.807, 2.05) is 68.8 Å². The number of imidazole rings is 1. The standard InChI is InChI=1S/C16H21N3O.C2H6/c1-4-15-10-19(13(3)18-15)11-16(20)17-12(2)14-8-6-5-7-9-14;1-2/h5-10,12H,4,11H2,1-3H3,(H,17,20);1-2H3. The average molecular weight is 301 g/mol. The zero-order chi connectivity index (χ0) is 16.5. The second-order valence-electron chi connectivity index (χ2n) is 4.96. The molecular formula is C18H27N3O. The summed E-state index contributed by atoms with van der Waals surface area (Å²) in [6.45, 7) is 10.3. The van der Waals surface area contributed by atoms with E-state index in [9.17, 15) is 4.79 Å². The molecule has 2 aromatic rings. The van der Waals surface area contributed by atoms with Crippen LogP contribution in [0.25, 0.3) is 0 Å². The number of benzene rings is 1. The molecule has 0 aliphatic carbocycles. The van der Waals surface area contributed by atoms with Gasteiger partial charge in [0, 0.05) is 6.20 Å². The summed E-state index contributed by atoms with van der Waals surface area (Å²) in [5.41, 5.74) is 2.13. The molecule has 1 aromatic heterocycles. The largest absolute Gasteiger partial charge is 0.348 e. The first-order valence-corrected chi connectivity index (χ1v) is 7.97. The lowest BCUT2D eigenvalue weighted by Gasteiger charge is -2.14. The number of nitrogens with one attached hydrogen (secondary N) is 1. The number of rotatable bonds is 5. The van der Waals surface area contributed by atoms with Gasteiger partial charge in [0.2, 0.25) is 5.91 Å². The van der Waals surface area contributed by atoms with E-state index in [2.05, 4.69) is 17.2 Å². The Morgan fingerprint density at radius 2 is 1.91 bits per heavy atom. The summed E-state index contributed by atoms with van der Waals surface area (Å²) in [5, 5.41) is 3.01. The maximum absolute atomic E-state index is 12.1. The van der Waals surface area contributed by atoms with E-state index in [0.29, 0.717) is 6.54 Å². The molecule has 0 aliphatic rings. The quantitative estimate of drug-likeness (QED) is 0.916. The smallest absolute Gasteiger partial charge is 0.240 e. The Kier molecular flexibility index (Phi) is 7.37. The number of carbonyl (C=O) groups is 1. The molecule has 0 saturated heterocycles. The first-order valence-electron chi connectivity index (χ1n) is 7.97. The van der Waals surface area contributed by atoms with Gasteiger partial charge in [-0.2, -0.15) is 0 Å². The molecule has 0 aliphatic heterocycles. The Balaban J connectivity index is 0.00000116. The predicted molar refractivity (Wildman–Crippen MR) is 90.7 cm³/mol. The zero-order valence-electron chi connectivity index (χ0n) is 14.3. The van der Waals surface area contributed by atoms with Crippen molar-refractivity contribution < 1.29 is 4.79 Å². The van der Waals surface area contributed by atoms with Crippen LogP contribution in [-0.4, -0.2) is 15.5 Å². The third kappa shape index (κ3) is 5.02. The highest BCUT2D eigenvalue weighted by Crippen LogP contribution is 2.11. The first kappa shape index (κ1) is 18.0. The summed E-state index contributed by atoms with van der Waals surface area (Å²) in [7, 11) is 0. The number of aromatic nitrogens is 2. The SMILES string of the molecule is CC.CCc1cn(CC(=O)NC(C)c2ccccc2)c(C)n1. The maximum atomic E-state index is 12.1. The maximum Gasteiger partial charge on any atom is 0.240 e. The summed E-state index contributed by atoms with van der Waals surface area (Å²) < 4.78 is 1.89. The molecule has 0 bridgehead atoms. The Labute approximate surface area is 133 Å². The van der Waals surface area contributed by atoms with Crippen LogP contribution in [0.1, 0.15) is 50.8 Å². The van der Waals surface area contributed by atoms with Gasteiger partial charge in [-0.1, -0.05) is 51.1 Å². The molecule has 4 heteroatoms. The van der Waals surface area contributed by atoms with E-state index in [4.69, 9.17) is 0 Å². The van der Waals surface area contributed by atoms with Gasteiger partial charge in [0.1, 0.15) is 12.4 Å². The molecule has 1 heterocycles. The number of carbonyl (C=O) groups excluding carboxylic acids is 1. The van der Waals surface area contributed by atoms with Gasteiger partial charge in [0.25, 0.3) is 0 Å². The summed E-state index contributed by atoms with van der Waals surface area (Å²) >= 11 is 0. The van der Waals surface area contributed by atoms with E-state index in [1.54, 1.807) is 0 Å². The van der Waals surface area contributed by atoms with Crippen LogP contribution in [0.5, 0.6) is 0 Å². The van der Waals surface area contributed by atoms with Gasteiger partial charge in [0.05, 0.1) is 11.7 Å². The van der Waals surface area contributed by atoms with Crippen LogP contribution >= 0.6 is 0 Å². The van der Waals surface area contributed by atoms with Crippen molar-refractivity contribution in [1.82, 2.24) is 14.9 Å². The lowest BCUT2D eigenvalue weighted by molar-refractivity contribution is -0.122.